The van der Waals surface area contributed by atoms with E-state index >= 15 is 0 Å². The maximum Gasteiger partial charge on any atom is 0.145 e. The van der Waals surface area contributed by atoms with Crippen LogP contribution in [0.15, 0.2) is 12.3 Å². The van der Waals surface area contributed by atoms with Crippen LogP contribution in [0.5, 0.6) is 0 Å². The van der Waals surface area contributed by atoms with Gasteiger partial charge in [0.25, 0.3) is 0 Å². The summed E-state index contributed by atoms with van der Waals surface area (Å²) in [5, 5.41) is 0. The van der Waals surface area contributed by atoms with Crippen molar-refractivity contribution in [2.75, 3.05) is 0 Å². The van der Waals surface area contributed by atoms with Crippen LogP contribution in [0.1, 0.15) is 50.8 Å². The molecule has 0 spiro atoms. The topological polar surface area (TPSA) is 12.9 Å². The van der Waals surface area contributed by atoms with Gasteiger partial charge in [0.1, 0.15) is 5.82 Å². The predicted octanol–water partition coefficient (Wildman–Crippen LogP) is 3.47. The molecule has 0 amide bonds. The van der Waals surface area contributed by atoms with Crippen LogP contribution in [-0.4, -0.2) is 4.98 Å². The van der Waals surface area contributed by atoms with Crippen molar-refractivity contribution in [2.24, 2.45) is 0 Å². The SMILES string of the molecule is CC(C)c1cnc(C(C)C)c(F)c1. The van der Waals surface area contributed by atoms with E-state index in [1.807, 2.05) is 27.7 Å². The smallest absolute Gasteiger partial charge is 0.145 e. The molecule has 0 saturated carbocycles. The van der Waals surface area contributed by atoms with Crippen LogP contribution in [0.3, 0.4) is 0 Å². The van der Waals surface area contributed by atoms with Crippen molar-refractivity contribution < 1.29 is 4.39 Å². The van der Waals surface area contributed by atoms with Gasteiger partial charge in [-0.25, -0.2) is 4.39 Å². The molecule has 0 aliphatic rings. The summed E-state index contributed by atoms with van der Waals surface area (Å²) in [5.74, 6) is 0.311. The summed E-state index contributed by atoms with van der Waals surface area (Å²) >= 11 is 0. The minimum absolute atomic E-state index is 0.154. The molecule has 1 nitrogen and oxygen atoms in total. The Morgan fingerprint density at radius 3 is 2.15 bits per heavy atom. The monoisotopic (exact) mass is 181 g/mol. The van der Waals surface area contributed by atoms with E-state index in [-0.39, 0.29) is 11.7 Å². The second-order valence-electron chi connectivity index (χ2n) is 3.95. The van der Waals surface area contributed by atoms with Gasteiger partial charge in [0, 0.05) is 6.20 Å². The van der Waals surface area contributed by atoms with Gasteiger partial charge in [-0.1, -0.05) is 27.7 Å². The van der Waals surface area contributed by atoms with Crippen molar-refractivity contribution in [3.05, 3.63) is 29.3 Å². The van der Waals surface area contributed by atoms with E-state index < -0.39 is 0 Å². The fraction of sp³-hybridized carbons (Fsp3) is 0.545. The van der Waals surface area contributed by atoms with Crippen LogP contribution in [-0.2, 0) is 0 Å². The van der Waals surface area contributed by atoms with Gasteiger partial charge < -0.3 is 0 Å². The zero-order chi connectivity index (χ0) is 10.0. The van der Waals surface area contributed by atoms with E-state index in [9.17, 15) is 4.39 Å². The molecule has 1 aromatic rings. The Morgan fingerprint density at radius 1 is 1.15 bits per heavy atom. The molecule has 0 radical (unpaired) electrons. The quantitative estimate of drug-likeness (QED) is 0.680. The maximum absolute atomic E-state index is 13.4. The van der Waals surface area contributed by atoms with Crippen LogP contribution in [0, 0.1) is 5.82 Å². The van der Waals surface area contributed by atoms with Crippen LogP contribution < -0.4 is 0 Å². The fourth-order valence-electron chi connectivity index (χ4n) is 1.20. The summed E-state index contributed by atoms with van der Waals surface area (Å²) in [7, 11) is 0. The van der Waals surface area contributed by atoms with Crippen molar-refractivity contribution in [3.63, 3.8) is 0 Å². The van der Waals surface area contributed by atoms with Gasteiger partial charge in [0.15, 0.2) is 0 Å². The number of pyridine rings is 1. The number of aromatic nitrogens is 1. The lowest BCUT2D eigenvalue weighted by Gasteiger charge is -2.09. The molecule has 1 rings (SSSR count). The third-order valence-electron chi connectivity index (χ3n) is 2.10. The molecule has 0 unspecified atom stereocenters. The highest BCUT2D eigenvalue weighted by atomic mass is 19.1. The molecule has 72 valence electrons. The van der Waals surface area contributed by atoms with E-state index in [2.05, 4.69) is 4.98 Å². The molecule has 0 atom stereocenters. The molecule has 0 N–H and O–H groups in total. The van der Waals surface area contributed by atoms with Crippen molar-refractivity contribution in [2.45, 2.75) is 39.5 Å². The summed E-state index contributed by atoms with van der Waals surface area (Å²) in [6.07, 6.45) is 1.77. The number of rotatable bonds is 2. The van der Waals surface area contributed by atoms with Gasteiger partial charge in [-0.05, 0) is 23.5 Å². The third-order valence-corrected chi connectivity index (χ3v) is 2.10. The van der Waals surface area contributed by atoms with Gasteiger partial charge in [0.2, 0.25) is 0 Å². The summed E-state index contributed by atoms with van der Waals surface area (Å²) in [6.45, 7) is 7.96. The minimum atomic E-state index is -0.179. The van der Waals surface area contributed by atoms with E-state index in [0.29, 0.717) is 11.6 Å². The van der Waals surface area contributed by atoms with Gasteiger partial charge in [0.05, 0.1) is 5.69 Å². The van der Waals surface area contributed by atoms with Crippen molar-refractivity contribution >= 4 is 0 Å². The first-order chi connectivity index (χ1) is 6.02. The van der Waals surface area contributed by atoms with Gasteiger partial charge in [-0.3, -0.25) is 4.98 Å². The van der Waals surface area contributed by atoms with Crippen molar-refractivity contribution in [1.29, 1.82) is 0 Å². The number of hydrogen-bond acceptors (Lipinski definition) is 1. The Morgan fingerprint density at radius 2 is 1.77 bits per heavy atom. The number of halogens is 1. The molecule has 0 aliphatic heterocycles. The second kappa shape index (κ2) is 3.86. The Balaban J connectivity index is 3.06. The maximum atomic E-state index is 13.4. The van der Waals surface area contributed by atoms with Gasteiger partial charge in [-0.15, -0.1) is 0 Å². The molecule has 13 heavy (non-hydrogen) atoms. The lowest BCUT2D eigenvalue weighted by molar-refractivity contribution is 0.579. The highest BCUT2D eigenvalue weighted by Gasteiger charge is 2.09. The first-order valence-corrected chi connectivity index (χ1v) is 4.67. The van der Waals surface area contributed by atoms with Crippen LogP contribution in [0.4, 0.5) is 4.39 Å². The molecule has 0 fully saturated rings. The normalized spacial score (nSPS) is 11.3. The Labute approximate surface area is 79.0 Å². The molecule has 1 heterocycles. The largest absolute Gasteiger partial charge is 0.258 e. The van der Waals surface area contributed by atoms with Crippen molar-refractivity contribution in [3.8, 4) is 0 Å². The summed E-state index contributed by atoms with van der Waals surface area (Å²) < 4.78 is 13.4. The lowest BCUT2D eigenvalue weighted by Crippen LogP contribution is -2.00. The number of hydrogen-bond donors (Lipinski definition) is 0. The Kier molecular flexibility index (Phi) is 3.02. The first kappa shape index (κ1) is 10.2. The van der Waals surface area contributed by atoms with Gasteiger partial charge in [-0.2, -0.15) is 0 Å². The predicted molar refractivity (Wildman–Crippen MR) is 52.4 cm³/mol. The highest BCUT2D eigenvalue weighted by Crippen LogP contribution is 2.20. The van der Waals surface area contributed by atoms with E-state index in [1.54, 1.807) is 12.3 Å². The summed E-state index contributed by atoms with van der Waals surface area (Å²) in [5.41, 5.74) is 1.52. The van der Waals surface area contributed by atoms with E-state index in [1.165, 1.54) is 0 Å². The Bertz CT molecular complexity index is 292. The van der Waals surface area contributed by atoms with Crippen molar-refractivity contribution in [1.82, 2.24) is 4.98 Å². The standard InChI is InChI=1S/C11H16FN/c1-7(2)9-5-10(12)11(8(3)4)13-6-9/h5-8H,1-4H3. The Hall–Kier alpha value is -0.920. The van der Waals surface area contributed by atoms with E-state index in [4.69, 9.17) is 0 Å². The van der Waals surface area contributed by atoms with Crippen LogP contribution in [0.25, 0.3) is 0 Å². The number of nitrogens with zero attached hydrogens (tertiary/aromatic N) is 1. The molecule has 0 aromatic carbocycles. The lowest BCUT2D eigenvalue weighted by atomic mass is 10.0. The summed E-state index contributed by atoms with van der Waals surface area (Å²) in [6, 6.07) is 1.59. The summed E-state index contributed by atoms with van der Waals surface area (Å²) in [4.78, 5) is 4.12. The highest BCUT2D eigenvalue weighted by molar-refractivity contribution is 5.20. The average Bonchev–Trinajstić information content (AvgIpc) is 2.03. The molecular formula is C11H16FN. The molecular weight excluding hydrogens is 165 g/mol. The fourth-order valence-corrected chi connectivity index (χ4v) is 1.20. The second-order valence-corrected chi connectivity index (χ2v) is 3.95. The molecule has 0 bridgehead atoms. The van der Waals surface area contributed by atoms with Crippen LogP contribution >= 0.6 is 0 Å². The minimum Gasteiger partial charge on any atom is -0.258 e. The first-order valence-electron chi connectivity index (χ1n) is 4.67. The average molecular weight is 181 g/mol. The van der Waals surface area contributed by atoms with Gasteiger partial charge >= 0.3 is 0 Å². The molecule has 0 saturated heterocycles. The molecule has 2 heteroatoms. The zero-order valence-corrected chi connectivity index (χ0v) is 8.63. The van der Waals surface area contributed by atoms with Crippen LogP contribution in [0.2, 0.25) is 0 Å². The molecule has 1 aromatic heterocycles. The van der Waals surface area contributed by atoms with E-state index in [0.717, 1.165) is 5.56 Å². The third kappa shape index (κ3) is 2.27. The zero-order valence-electron chi connectivity index (χ0n) is 8.63. The molecule has 0 aliphatic carbocycles.